The monoisotopic (exact) mass is 352 g/mol. The molecule has 0 atom stereocenters. The van der Waals surface area contributed by atoms with E-state index in [0.717, 1.165) is 0 Å². The van der Waals surface area contributed by atoms with Crippen molar-refractivity contribution in [2.45, 2.75) is 6.92 Å². The third kappa shape index (κ3) is 4.61. The van der Waals surface area contributed by atoms with Crippen molar-refractivity contribution in [2.24, 2.45) is 5.10 Å². The van der Waals surface area contributed by atoms with Crippen LogP contribution in [0.1, 0.15) is 22.8 Å². The van der Waals surface area contributed by atoms with Gasteiger partial charge < -0.3 is 9.84 Å². The Morgan fingerprint density at radius 3 is 2.65 bits per heavy atom. The lowest BCUT2D eigenvalue weighted by atomic mass is 10.2. The summed E-state index contributed by atoms with van der Waals surface area (Å²) in [6.07, 6.45) is 1.40. The van der Waals surface area contributed by atoms with Gasteiger partial charge in [-0.1, -0.05) is 23.2 Å². The average molecular weight is 353 g/mol. The van der Waals surface area contributed by atoms with Gasteiger partial charge in [-0.3, -0.25) is 4.79 Å². The van der Waals surface area contributed by atoms with E-state index in [9.17, 15) is 9.90 Å². The minimum Gasteiger partial charge on any atom is -0.503 e. The molecule has 2 rings (SSSR count). The molecule has 0 aliphatic carbocycles. The quantitative estimate of drug-likeness (QED) is 0.633. The zero-order valence-corrected chi connectivity index (χ0v) is 13.7. The molecule has 23 heavy (non-hydrogen) atoms. The Hall–Kier alpha value is -2.24. The maximum atomic E-state index is 11.9. The molecule has 0 aliphatic rings. The Kier molecular flexibility index (Phi) is 5.84. The summed E-state index contributed by atoms with van der Waals surface area (Å²) in [6, 6.07) is 9.51. The van der Waals surface area contributed by atoms with Crippen molar-refractivity contribution in [3.8, 4) is 11.5 Å². The van der Waals surface area contributed by atoms with Crippen LogP contribution in [0, 0.1) is 0 Å². The molecule has 0 bridgehead atoms. The number of ether oxygens (including phenoxy) is 1. The number of phenolic OH excluding ortho intramolecular Hbond substituents is 1. The van der Waals surface area contributed by atoms with Crippen molar-refractivity contribution in [1.29, 1.82) is 0 Å². The molecular weight excluding hydrogens is 339 g/mol. The normalized spacial score (nSPS) is 10.7. The van der Waals surface area contributed by atoms with E-state index in [1.165, 1.54) is 12.3 Å². The highest BCUT2D eigenvalue weighted by atomic mass is 35.5. The molecule has 0 fully saturated rings. The van der Waals surface area contributed by atoms with Gasteiger partial charge in [-0.25, -0.2) is 5.43 Å². The van der Waals surface area contributed by atoms with Gasteiger partial charge in [0.2, 0.25) is 0 Å². The number of rotatable bonds is 5. The molecule has 0 heterocycles. The average Bonchev–Trinajstić information content (AvgIpc) is 2.53. The molecule has 2 aromatic rings. The van der Waals surface area contributed by atoms with E-state index >= 15 is 0 Å². The standard InChI is InChI=1S/C16H14Cl2N2O3/c1-2-23-14-8-10(7-13(18)15(14)21)9-19-20-16(22)11-3-5-12(17)6-4-11/h3-9,21H,2H2,1H3,(H,20,22)/b19-9-. The van der Waals surface area contributed by atoms with E-state index in [1.54, 1.807) is 37.3 Å². The number of nitrogens with zero attached hydrogens (tertiary/aromatic N) is 1. The zero-order valence-electron chi connectivity index (χ0n) is 12.2. The fraction of sp³-hybridized carbons (Fsp3) is 0.125. The molecule has 0 unspecified atom stereocenters. The lowest BCUT2D eigenvalue weighted by Gasteiger charge is -2.08. The number of carbonyl (C=O) groups excluding carboxylic acids is 1. The smallest absolute Gasteiger partial charge is 0.271 e. The number of carbonyl (C=O) groups is 1. The number of hydrogen-bond acceptors (Lipinski definition) is 4. The van der Waals surface area contributed by atoms with Crippen LogP contribution in [0.25, 0.3) is 0 Å². The Balaban J connectivity index is 2.08. The molecule has 7 heteroatoms. The highest BCUT2D eigenvalue weighted by molar-refractivity contribution is 6.32. The predicted octanol–water partition coefficient (Wildman–Crippen LogP) is 3.86. The summed E-state index contributed by atoms with van der Waals surface area (Å²) in [4.78, 5) is 11.9. The van der Waals surface area contributed by atoms with Crippen LogP contribution in [0.5, 0.6) is 11.5 Å². The number of hydrogen-bond donors (Lipinski definition) is 2. The van der Waals surface area contributed by atoms with E-state index in [2.05, 4.69) is 10.5 Å². The molecule has 2 N–H and O–H groups in total. The maximum absolute atomic E-state index is 11.9. The first kappa shape index (κ1) is 17.1. The molecular formula is C16H14Cl2N2O3. The van der Waals surface area contributed by atoms with Crippen LogP contribution in [0.15, 0.2) is 41.5 Å². The fourth-order valence-electron chi connectivity index (χ4n) is 1.77. The zero-order chi connectivity index (χ0) is 16.8. The van der Waals surface area contributed by atoms with E-state index in [0.29, 0.717) is 22.8 Å². The molecule has 0 aliphatic heterocycles. The van der Waals surface area contributed by atoms with E-state index in [1.807, 2.05) is 0 Å². The molecule has 0 spiro atoms. The van der Waals surface area contributed by atoms with Gasteiger partial charge >= 0.3 is 0 Å². The van der Waals surface area contributed by atoms with Gasteiger partial charge in [0, 0.05) is 10.6 Å². The Morgan fingerprint density at radius 1 is 1.30 bits per heavy atom. The Labute approximate surface area is 143 Å². The van der Waals surface area contributed by atoms with Crippen molar-refractivity contribution < 1.29 is 14.6 Å². The summed E-state index contributed by atoms with van der Waals surface area (Å²) in [6.45, 7) is 2.18. The SMILES string of the molecule is CCOc1cc(/C=N\NC(=O)c2ccc(Cl)cc2)cc(Cl)c1O. The lowest BCUT2D eigenvalue weighted by molar-refractivity contribution is 0.0955. The lowest BCUT2D eigenvalue weighted by Crippen LogP contribution is -2.17. The van der Waals surface area contributed by atoms with Gasteiger partial charge in [-0.15, -0.1) is 0 Å². The van der Waals surface area contributed by atoms with Gasteiger partial charge in [0.15, 0.2) is 11.5 Å². The van der Waals surface area contributed by atoms with E-state index < -0.39 is 0 Å². The van der Waals surface area contributed by atoms with Crippen LogP contribution in [0.3, 0.4) is 0 Å². The van der Waals surface area contributed by atoms with Crippen molar-refractivity contribution in [2.75, 3.05) is 6.61 Å². The van der Waals surface area contributed by atoms with Crippen molar-refractivity contribution >= 4 is 35.3 Å². The Bertz CT molecular complexity index is 731. The molecule has 0 saturated carbocycles. The highest BCUT2D eigenvalue weighted by Gasteiger charge is 2.09. The summed E-state index contributed by atoms with van der Waals surface area (Å²) in [7, 11) is 0. The van der Waals surface area contributed by atoms with Crippen molar-refractivity contribution in [3.63, 3.8) is 0 Å². The number of nitrogens with one attached hydrogen (secondary N) is 1. The first-order valence-electron chi connectivity index (χ1n) is 6.75. The third-order valence-corrected chi connectivity index (χ3v) is 3.38. The number of aromatic hydroxyl groups is 1. The van der Waals surface area contributed by atoms with Gasteiger partial charge in [0.25, 0.3) is 5.91 Å². The second-order valence-corrected chi connectivity index (χ2v) is 5.33. The first-order valence-corrected chi connectivity index (χ1v) is 7.51. The summed E-state index contributed by atoms with van der Waals surface area (Å²) in [5, 5.41) is 14.3. The molecule has 0 radical (unpaired) electrons. The second kappa shape index (κ2) is 7.85. The maximum Gasteiger partial charge on any atom is 0.271 e. The van der Waals surface area contributed by atoms with Gasteiger partial charge in [0.1, 0.15) is 0 Å². The topological polar surface area (TPSA) is 70.9 Å². The van der Waals surface area contributed by atoms with Crippen LogP contribution in [-0.2, 0) is 0 Å². The van der Waals surface area contributed by atoms with Gasteiger partial charge in [-0.05, 0) is 48.9 Å². The summed E-state index contributed by atoms with van der Waals surface area (Å²) >= 11 is 11.7. The fourth-order valence-corrected chi connectivity index (χ4v) is 2.11. The molecule has 5 nitrogen and oxygen atoms in total. The minimum absolute atomic E-state index is 0.129. The van der Waals surface area contributed by atoms with Crippen LogP contribution >= 0.6 is 23.2 Å². The Morgan fingerprint density at radius 2 is 2.00 bits per heavy atom. The van der Waals surface area contributed by atoms with E-state index in [4.69, 9.17) is 27.9 Å². The molecule has 120 valence electrons. The van der Waals surface area contributed by atoms with Crippen LogP contribution in [-0.4, -0.2) is 23.8 Å². The molecule has 2 aromatic carbocycles. The highest BCUT2D eigenvalue weighted by Crippen LogP contribution is 2.34. The largest absolute Gasteiger partial charge is 0.503 e. The number of phenols is 1. The minimum atomic E-state index is -0.368. The van der Waals surface area contributed by atoms with Crippen molar-refractivity contribution in [1.82, 2.24) is 5.43 Å². The second-order valence-electron chi connectivity index (χ2n) is 4.49. The van der Waals surface area contributed by atoms with Gasteiger partial charge in [0.05, 0.1) is 17.8 Å². The number of amides is 1. The molecule has 0 aromatic heterocycles. The molecule has 1 amide bonds. The first-order chi connectivity index (χ1) is 11.0. The van der Waals surface area contributed by atoms with Crippen LogP contribution in [0.2, 0.25) is 10.0 Å². The third-order valence-electron chi connectivity index (χ3n) is 2.84. The summed E-state index contributed by atoms with van der Waals surface area (Å²) in [5.74, 6) is -0.242. The van der Waals surface area contributed by atoms with Gasteiger partial charge in [-0.2, -0.15) is 5.10 Å². The number of hydrazone groups is 1. The number of halogens is 2. The summed E-state index contributed by atoms with van der Waals surface area (Å²) in [5.41, 5.74) is 3.41. The molecule has 0 saturated heterocycles. The van der Waals surface area contributed by atoms with Crippen molar-refractivity contribution in [3.05, 3.63) is 57.6 Å². The predicted molar refractivity (Wildman–Crippen MR) is 90.8 cm³/mol. The van der Waals surface area contributed by atoms with Crippen LogP contribution in [0.4, 0.5) is 0 Å². The van der Waals surface area contributed by atoms with E-state index in [-0.39, 0.29) is 22.4 Å². The number of benzene rings is 2. The summed E-state index contributed by atoms with van der Waals surface area (Å²) < 4.78 is 5.27. The van der Waals surface area contributed by atoms with Crippen LogP contribution < -0.4 is 10.2 Å².